The molecule has 0 radical (unpaired) electrons. The summed E-state index contributed by atoms with van der Waals surface area (Å²) in [5.74, 6) is -0.209. The van der Waals surface area contributed by atoms with Gasteiger partial charge in [0.15, 0.2) is 0 Å². The van der Waals surface area contributed by atoms with E-state index in [-0.39, 0.29) is 30.8 Å². The van der Waals surface area contributed by atoms with Gasteiger partial charge in [-0.05, 0) is 12.1 Å². The molecule has 4 rings (SSSR count). The molecule has 4 atom stereocenters. The zero-order valence-corrected chi connectivity index (χ0v) is 13.3. The SMILES string of the molecule is Cn1c(C(=O)N[C@H]2CO[C@H]3[C@@H]2OC[C@H]3O)cc2cccc(Cl)c21. The Balaban J connectivity index is 1.58. The first-order chi connectivity index (χ1) is 11.1. The minimum Gasteiger partial charge on any atom is -0.388 e. The van der Waals surface area contributed by atoms with Gasteiger partial charge in [-0.1, -0.05) is 23.7 Å². The van der Waals surface area contributed by atoms with Crippen molar-refractivity contribution >= 4 is 28.4 Å². The fourth-order valence-corrected chi connectivity index (χ4v) is 3.74. The zero-order chi connectivity index (χ0) is 16.1. The van der Waals surface area contributed by atoms with Gasteiger partial charge in [0, 0.05) is 12.4 Å². The summed E-state index contributed by atoms with van der Waals surface area (Å²) in [6.45, 7) is 0.578. The fourth-order valence-electron chi connectivity index (χ4n) is 3.43. The maximum atomic E-state index is 12.6. The Morgan fingerprint density at radius 1 is 1.35 bits per heavy atom. The summed E-state index contributed by atoms with van der Waals surface area (Å²) < 4.78 is 12.8. The Bertz CT molecular complexity index is 775. The molecule has 0 unspecified atom stereocenters. The van der Waals surface area contributed by atoms with Gasteiger partial charge in [0.2, 0.25) is 0 Å². The number of rotatable bonds is 2. The van der Waals surface area contributed by atoms with Crippen LogP contribution in [-0.2, 0) is 16.5 Å². The summed E-state index contributed by atoms with van der Waals surface area (Å²) in [6.07, 6.45) is -1.28. The predicted octanol–water partition coefficient (Wildman–Crippen LogP) is 1.09. The number of hydrogen-bond acceptors (Lipinski definition) is 4. The van der Waals surface area contributed by atoms with Crippen LogP contribution in [0.25, 0.3) is 10.9 Å². The van der Waals surface area contributed by atoms with Gasteiger partial charge in [-0.2, -0.15) is 0 Å². The first-order valence-electron chi connectivity index (χ1n) is 7.52. The van der Waals surface area contributed by atoms with Gasteiger partial charge in [0.1, 0.15) is 24.0 Å². The maximum absolute atomic E-state index is 12.6. The summed E-state index contributed by atoms with van der Waals surface area (Å²) in [5.41, 5.74) is 1.35. The molecule has 23 heavy (non-hydrogen) atoms. The van der Waals surface area contributed by atoms with Crippen LogP contribution in [0.4, 0.5) is 0 Å². The van der Waals surface area contributed by atoms with Gasteiger partial charge in [0.05, 0.1) is 29.8 Å². The monoisotopic (exact) mass is 336 g/mol. The number of nitrogens with zero attached hydrogens (tertiary/aromatic N) is 1. The number of aryl methyl sites for hydroxylation is 1. The quantitative estimate of drug-likeness (QED) is 0.861. The van der Waals surface area contributed by atoms with Gasteiger partial charge in [-0.3, -0.25) is 4.79 Å². The second-order valence-corrected chi connectivity index (χ2v) is 6.42. The number of amides is 1. The summed E-state index contributed by atoms with van der Waals surface area (Å²) in [7, 11) is 1.81. The molecule has 1 amide bonds. The first-order valence-corrected chi connectivity index (χ1v) is 7.90. The van der Waals surface area contributed by atoms with Gasteiger partial charge in [-0.15, -0.1) is 0 Å². The van der Waals surface area contributed by atoms with Crippen molar-refractivity contribution in [3.63, 3.8) is 0 Å². The van der Waals surface area contributed by atoms with E-state index in [0.29, 0.717) is 17.3 Å². The van der Waals surface area contributed by atoms with Crippen molar-refractivity contribution in [3.8, 4) is 0 Å². The van der Waals surface area contributed by atoms with E-state index in [4.69, 9.17) is 21.1 Å². The van der Waals surface area contributed by atoms with Crippen LogP contribution in [-0.4, -0.2) is 53.1 Å². The van der Waals surface area contributed by atoms with Crippen LogP contribution in [0.5, 0.6) is 0 Å². The van der Waals surface area contributed by atoms with Gasteiger partial charge >= 0.3 is 0 Å². The highest BCUT2D eigenvalue weighted by atomic mass is 35.5. The van der Waals surface area contributed by atoms with Crippen LogP contribution in [0.3, 0.4) is 0 Å². The lowest BCUT2D eigenvalue weighted by atomic mass is 10.1. The van der Waals surface area contributed by atoms with E-state index < -0.39 is 6.10 Å². The lowest BCUT2D eigenvalue weighted by Crippen LogP contribution is -2.44. The van der Waals surface area contributed by atoms with Crippen molar-refractivity contribution in [1.82, 2.24) is 9.88 Å². The highest BCUT2D eigenvalue weighted by Crippen LogP contribution is 2.28. The zero-order valence-electron chi connectivity index (χ0n) is 12.5. The van der Waals surface area contributed by atoms with E-state index in [1.54, 1.807) is 10.6 Å². The fraction of sp³-hybridized carbons (Fsp3) is 0.438. The van der Waals surface area contributed by atoms with Crippen molar-refractivity contribution in [2.24, 2.45) is 7.05 Å². The van der Waals surface area contributed by atoms with E-state index in [1.807, 2.05) is 25.2 Å². The highest BCUT2D eigenvalue weighted by molar-refractivity contribution is 6.35. The third-order valence-corrected chi connectivity index (χ3v) is 4.89. The average molecular weight is 337 g/mol. The molecule has 0 aliphatic carbocycles. The first kappa shape index (κ1) is 15.0. The molecule has 122 valence electrons. The number of benzene rings is 1. The second kappa shape index (κ2) is 5.49. The number of aliphatic hydroxyl groups excluding tert-OH is 1. The molecule has 2 aliphatic heterocycles. The standard InChI is InChI=1S/C16H17ClN2O4/c1-19-11(5-8-3-2-4-9(17)13(8)19)16(21)18-10-6-22-15-12(20)7-23-14(10)15/h2-5,10,12,14-15,20H,6-7H2,1H3,(H,18,21)/t10-,12+,14+,15+/m0/s1. The number of para-hydroxylation sites is 1. The van der Waals surface area contributed by atoms with Crippen molar-refractivity contribution in [1.29, 1.82) is 0 Å². The Morgan fingerprint density at radius 2 is 2.13 bits per heavy atom. The largest absolute Gasteiger partial charge is 0.388 e. The second-order valence-electron chi connectivity index (χ2n) is 6.01. The molecule has 0 saturated carbocycles. The minimum absolute atomic E-state index is 0.209. The molecule has 6 nitrogen and oxygen atoms in total. The van der Waals surface area contributed by atoms with E-state index >= 15 is 0 Å². The molecule has 1 aromatic heterocycles. The molecule has 1 aromatic carbocycles. The van der Waals surface area contributed by atoms with E-state index in [1.165, 1.54) is 0 Å². The summed E-state index contributed by atoms with van der Waals surface area (Å²) in [4.78, 5) is 12.6. The molecular weight excluding hydrogens is 320 g/mol. The molecule has 0 spiro atoms. The summed E-state index contributed by atoms with van der Waals surface area (Å²) >= 11 is 6.22. The normalized spacial score (nSPS) is 29.9. The van der Waals surface area contributed by atoms with Gasteiger partial charge in [-0.25, -0.2) is 0 Å². The van der Waals surface area contributed by atoms with E-state index in [0.717, 1.165) is 10.9 Å². The van der Waals surface area contributed by atoms with E-state index in [9.17, 15) is 9.90 Å². The summed E-state index contributed by atoms with van der Waals surface area (Å²) in [5, 5.41) is 14.2. The van der Waals surface area contributed by atoms with Crippen LogP contribution < -0.4 is 5.32 Å². The number of aromatic nitrogens is 1. The summed E-state index contributed by atoms with van der Waals surface area (Å²) in [6, 6.07) is 7.12. The topological polar surface area (TPSA) is 72.7 Å². The Hall–Kier alpha value is -1.60. The number of fused-ring (bicyclic) bond motifs is 2. The molecule has 2 saturated heterocycles. The average Bonchev–Trinajstić information content (AvgIpc) is 3.17. The molecule has 2 aromatic rings. The maximum Gasteiger partial charge on any atom is 0.268 e. The molecule has 2 aliphatic rings. The molecule has 3 heterocycles. The van der Waals surface area contributed by atoms with Crippen LogP contribution in [0.15, 0.2) is 24.3 Å². The third-order valence-electron chi connectivity index (χ3n) is 4.58. The number of ether oxygens (including phenoxy) is 2. The van der Waals surface area contributed by atoms with E-state index in [2.05, 4.69) is 5.32 Å². The molecule has 2 N–H and O–H groups in total. The van der Waals surface area contributed by atoms with Crippen molar-refractivity contribution < 1.29 is 19.4 Å². The lowest BCUT2D eigenvalue weighted by molar-refractivity contribution is 0.0178. The van der Waals surface area contributed by atoms with Crippen LogP contribution >= 0.6 is 11.6 Å². The van der Waals surface area contributed by atoms with Crippen LogP contribution in [0.2, 0.25) is 5.02 Å². The Labute approximate surface area is 137 Å². The number of carbonyl (C=O) groups excluding carboxylic acids is 1. The highest BCUT2D eigenvalue weighted by Gasteiger charge is 2.47. The predicted molar refractivity (Wildman–Crippen MR) is 84.7 cm³/mol. The molecule has 0 bridgehead atoms. The lowest BCUT2D eigenvalue weighted by Gasteiger charge is -2.17. The van der Waals surface area contributed by atoms with Gasteiger partial charge in [0.25, 0.3) is 5.91 Å². The Morgan fingerprint density at radius 3 is 2.91 bits per heavy atom. The van der Waals surface area contributed by atoms with Crippen molar-refractivity contribution in [2.75, 3.05) is 13.2 Å². The number of hydrogen-bond donors (Lipinski definition) is 2. The van der Waals surface area contributed by atoms with Gasteiger partial charge < -0.3 is 24.5 Å². The number of nitrogens with one attached hydrogen (secondary N) is 1. The number of carbonyl (C=O) groups is 1. The third kappa shape index (κ3) is 2.33. The van der Waals surface area contributed by atoms with Crippen LogP contribution in [0.1, 0.15) is 10.5 Å². The minimum atomic E-state index is -0.627. The Kier molecular flexibility index (Phi) is 3.57. The van der Waals surface area contributed by atoms with Crippen molar-refractivity contribution in [3.05, 3.63) is 35.0 Å². The molecular formula is C16H17ClN2O4. The molecule has 2 fully saturated rings. The smallest absolute Gasteiger partial charge is 0.268 e. The van der Waals surface area contributed by atoms with Crippen molar-refractivity contribution in [2.45, 2.75) is 24.4 Å². The molecule has 7 heteroatoms. The van der Waals surface area contributed by atoms with Crippen LogP contribution in [0, 0.1) is 0 Å². The number of halogens is 1. The number of aliphatic hydroxyl groups is 1.